The topological polar surface area (TPSA) is 124 Å². The summed E-state index contributed by atoms with van der Waals surface area (Å²) >= 11 is 0. The summed E-state index contributed by atoms with van der Waals surface area (Å²) in [6.07, 6.45) is 1.51. The Balaban J connectivity index is 1.37. The molecule has 27 heavy (non-hydrogen) atoms. The van der Waals surface area contributed by atoms with Gasteiger partial charge >= 0.3 is 5.97 Å². The van der Waals surface area contributed by atoms with Crippen molar-refractivity contribution in [3.05, 3.63) is 60.0 Å². The van der Waals surface area contributed by atoms with Crippen molar-refractivity contribution in [2.75, 3.05) is 6.54 Å². The second-order valence-corrected chi connectivity index (χ2v) is 7.24. The van der Waals surface area contributed by atoms with Gasteiger partial charge in [-0.05, 0) is 24.3 Å². The van der Waals surface area contributed by atoms with Gasteiger partial charge in [0.25, 0.3) is 10.0 Å². The predicted molar refractivity (Wildman–Crippen MR) is 92.2 cm³/mol. The zero-order chi connectivity index (χ0) is 18.9. The van der Waals surface area contributed by atoms with Crippen molar-refractivity contribution in [1.29, 1.82) is 0 Å². The molecule has 3 heterocycles. The normalized spacial score (nSPS) is 16.1. The maximum atomic E-state index is 12.0. The van der Waals surface area contributed by atoms with E-state index in [-0.39, 0.29) is 23.9 Å². The summed E-state index contributed by atoms with van der Waals surface area (Å²) in [5.41, 5.74) is 0.833. The summed E-state index contributed by atoms with van der Waals surface area (Å²) in [5.74, 6) is 0.416. The molecule has 0 spiro atoms. The molecule has 0 bridgehead atoms. The van der Waals surface area contributed by atoms with Crippen LogP contribution in [0.25, 0.3) is 11.5 Å². The molecule has 0 radical (unpaired) electrons. The third-order valence-corrected chi connectivity index (χ3v) is 5.13. The van der Waals surface area contributed by atoms with Gasteiger partial charge in [-0.15, -0.1) is 0 Å². The van der Waals surface area contributed by atoms with E-state index in [1.54, 1.807) is 36.4 Å². The van der Waals surface area contributed by atoms with Crippen LogP contribution >= 0.6 is 0 Å². The number of hydrogen-bond donors (Lipinski definition) is 1. The predicted octanol–water partition coefficient (Wildman–Crippen LogP) is 1.72. The van der Waals surface area contributed by atoms with Crippen LogP contribution in [0.2, 0.25) is 0 Å². The van der Waals surface area contributed by atoms with Crippen molar-refractivity contribution in [1.82, 2.24) is 9.88 Å². The molecule has 9 nitrogen and oxygen atoms in total. The van der Waals surface area contributed by atoms with Crippen LogP contribution in [0.5, 0.6) is 0 Å². The molecule has 0 fully saturated rings. The van der Waals surface area contributed by atoms with Gasteiger partial charge in [0.15, 0.2) is 5.76 Å². The quantitative estimate of drug-likeness (QED) is 0.661. The van der Waals surface area contributed by atoms with E-state index in [0.29, 0.717) is 22.8 Å². The molecule has 0 unspecified atom stereocenters. The first-order chi connectivity index (χ1) is 13.0. The van der Waals surface area contributed by atoms with Crippen molar-refractivity contribution in [2.24, 2.45) is 4.99 Å². The van der Waals surface area contributed by atoms with Crippen LogP contribution in [-0.2, 0) is 26.2 Å². The minimum atomic E-state index is -3.64. The average Bonchev–Trinajstić information content (AvgIpc) is 3.38. The van der Waals surface area contributed by atoms with Gasteiger partial charge in [0.1, 0.15) is 24.7 Å². The Bertz CT molecular complexity index is 1120. The van der Waals surface area contributed by atoms with Crippen LogP contribution in [0.3, 0.4) is 0 Å². The summed E-state index contributed by atoms with van der Waals surface area (Å²) in [5, 5.41) is 3.79. The highest BCUT2D eigenvalue weighted by Gasteiger charge is 2.30. The lowest BCUT2D eigenvalue weighted by molar-refractivity contribution is -0.143. The molecule has 0 atom stereocenters. The Labute approximate surface area is 153 Å². The molecule has 1 aliphatic heterocycles. The Hall–Kier alpha value is -3.40. The Morgan fingerprint density at radius 3 is 2.85 bits per heavy atom. The smallest absolute Gasteiger partial charge is 0.328 e. The number of aromatic nitrogens is 1. The maximum Gasteiger partial charge on any atom is 0.328 e. The molecule has 0 amide bonds. The first kappa shape index (κ1) is 17.0. The van der Waals surface area contributed by atoms with Gasteiger partial charge in [-0.2, -0.15) is 0 Å². The van der Waals surface area contributed by atoms with Gasteiger partial charge in [-0.1, -0.05) is 17.3 Å². The first-order valence-electron chi connectivity index (χ1n) is 7.85. The number of benzene rings is 1. The number of nitrogens with zero attached hydrogens (tertiary/aromatic N) is 2. The van der Waals surface area contributed by atoms with Crippen LogP contribution in [0.15, 0.2) is 67.6 Å². The lowest BCUT2D eigenvalue weighted by Crippen LogP contribution is -2.23. The van der Waals surface area contributed by atoms with E-state index in [1.807, 2.05) is 0 Å². The standard InChI is InChI=1S/C17H13N3O6S/c21-16(25-10-11-8-14(26-19-11)13-5-3-7-24-13)9-18-17-12-4-1-2-6-15(12)27(22,23)20-17/h1-8H,9-10H2,(H,18,20). The molecule has 10 heteroatoms. The van der Waals surface area contributed by atoms with E-state index in [1.165, 1.54) is 12.3 Å². The Kier molecular flexibility index (Phi) is 4.24. The van der Waals surface area contributed by atoms with Crippen molar-refractivity contribution in [3.63, 3.8) is 0 Å². The monoisotopic (exact) mass is 387 g/mol. The van der Waals surface area contributed by atoms with Gasteiger partial charge in [0.05, 0.1) is 11.2 Å². The largest absolute Gasteiger partial charge is 0.461 e. The molecular weight excluding hydrogens is 374 g/mol. The Morgan fingerprint density at radius 1 is 1.19 bits per heavy atom. The maximum absolute atomic E-state index is 12.0. The number of hydrogen-bond acceptors (Lipinski definition) is 8. The zero-order valence-corrected chi connectivity index (χ0v) is 14.6. The van der Waals surface area contributed by atoms with E-state index >= 15 is 0 Å². The van der Waals surface area contributed by atoms with Crippen LogP contribution in [0.4, 0.5) is 0 Å². The number of esters is 1. The highest BCUT2D eigenvalue weighted by molar-refractivity contribution is 7.90. The van der Waals surface area contributed by atoms with Gasteiger partial charge < -0.3 is 13.7 Å². The number of fused-ring (bicyclic) bond motifs is 1. The molecule has 1 aliphatic rings. The summed E-state index contributed by atoms with van der Waals surface area (Å²) in [6.45, 7) is -0.439. The Morgan fingerprint density at radius 2 is 2.04 bits per heavy atom. The highest BCUT2D eigenvalue weighted by atomic mass is 32.2. The van der Waals surface area contributed by atoms with Crippen molar-refractivity contribution in [3.8, 4) is 11.5 Å². The van der Waals surface area contributed by atoms with Crippen LogP contribution in [0.1, 0.15) is 11.3 Å². The summed E-state index contributed by atoms with van der Waals surface area (Å²) in [4.78, 5) is 16.0. The fraction of sp³-hybridized carbons (Fsp3) is 0.118. The van der Waals surface area contributed by atoms with Crippen molar-refractivity contribution in [2.45, 2.75) is 11.5 Å². The average molecular weight is 387 g/mol. The van der Waals surface area contributed by atoms with Gasteiger partial charge in [-0.25, -0.2) is 8.42 Å². The molecule has 0 aliphatic carbocycles. The number of nitrogens with one attached hydrogen (secondary N) is 1. The first-order valence-corrected chi connectivity index (χ1v) is 9.33. The number of rotatable bonds is 5. The number of furan rings is 1. The molecule has 1 aromatic carbocycles. The third kappa shape index (κ3) is 3.47. The minimum absolute atomic E-state index is 0.101. The van der Waals surface area contributed by atoms with Crippen molar-refractivity contribution < 1.29 is 26.9 Å². The number of carbonyl (C=O) groups is 1. The van der Waals surface area contributed by atoms with E-state index in [2.05, 4.69) is 14.9 Å². The number of ether oxygens (including phenoxy) is 1. The molecule has 4 rings (SSSR count). The van der Waals surface area contributed by atoms with Gasteiger partial charge in [-0.3, -0.25) is 14.5 Å². The summed E-state index contributed by atoms with van der Waals surface area (Å²) in [6, 6.07) is 11.4. The van der Waals surface area contributed by atoms with E-state index in [0.717, 1.165) is 0 Å². The number of carbonyl (C=O) groups excluding carboxylic acids is 1. The number of sulfonamides is 1. The lowest BCUT2D eigenvalue weighted by atomic mass is 10.2. The van der Waals surface area contributed by atoms with E-state index in [4.69, 9.17) is 13.7 Å². The fourth-order valence-corrected chi connectivity index (χ4v) is 3.76. The lowest BCUT2D eigenvalue weighted by Gasteiger charge is -2.01. The molecule has 1 N–H and O–H groups in total. The summed E-state index contributed by atoms with van der Waals surface area (Å²) in [7, 11) is -3.64. The van der Waals surface area contributed by atoms with Gasteiger partial charge in [0, 0.05) is 11.6 Å². The minimum Gasteiger partial charge on any atom is -0.461 e. The highest BCUT2D eigenvalue weighted by Crippen LogP contribution is 2.22. The van der Waals surface area contributed by atoms with Crippen LogP contribution in [0, 0.1) is 0 Å². The van der Waals surface area contributed by atoms with Crippen LogP contribution in [-0.4, -0.2) is 31.9 Å². The number of aliphatic imine (C=N–C) groups is 1. The second-order valence-electron chi connectivity index (χ2n) is 5.59. The van der Waals surface area contributed by atoms with Gasteiger partial charge in [0.2, 0.25) is 5.76 Å². The SMILES string of the molecule is O=C(CN=C1NS(=O)(=O)c2ccccc21)OCc1cc(-c2ccco2)on1. The molecule has 3 aromatic rings. The molecule has 138 valence electrons. The zero-order valence-electron chi connectivity index (χ0n) is 13.8. The van der Waals surface area contributed by atoms with E-state index < -0.39 is 16.0 Å². The van der Waals surface area contributed by atoms with Crippen LogP contribution < -0.4 is 4.72 Å². The second kappa shape index (κ2) is 6.72. The fourth-order valence-electron chi connectivity index (χ4n) is 2.51. The van der Waals surface area contributed by atoms with E-state index in [9.17, 15) is 13.2 Å². The molecule has 0 saturated carbocycles. The molecule has 2 aromatic heterocycles. The third-order valence-electron chi connectivity index (χ3n) is 3.73. The van der Waals surface area contributed by atoms with Crippen molar-refractivity contribution >= 4 is 21.8 Å². The number of amidine groups is 1. The summed E-state index contributed by atoms with van der Waals surface area (Å²) < 4.78 is 41.7. The molecular formula is C17H13N3O6S. The molecule has 0 saturated heterocycles.